The van der Waals surface area contributed by atoms with Crippen LogP contribution >= 0.6 is 0 Å². The van der Waals surface area contributed by atoms with E-state index in [1.807, 2.05) is 6.07 Å². The van der Waals surface area contributed by atoms with Gasteiger partial charge in [-0.25, -0.2) is 4.68 Å². The second kappa shape index (κ2) is 3.76. The van der Waals surface area contributed by atoms with E-state index in [1.54, 1.807) is 22.9 Å². The molecule has 1 saturated carbocycles. The maximum Gasteiger partial charge on any atom is 0.169 e. The standard InChI is InChI=1S/C12H14N4O/c13-12-11(8-3-1-4-8)16(15-14-12)9-5-2-6-10(17)7-9/h2,5-8,17H,1,3-4,13H2. The summed E-state index contributed by atoms with van der Waals surface area (Å²) >= 11 is 0. The van der Waals surface area contributed by atoms with Crippen molar-refractivity contribution in [2.45, 2.75) is 25.2 Å². The molecular weight excluding hydrogens is 216 g/mol. The highest BCUT2D eigenvalue weighted by Gasteiger charge is 2.27. The van der Waals surface area contributed by atoms with E-state index in [2.05, 4.69) is 10.3 Å². The highest BCUT2D eigenvalue weighted by atomic mass is 16.3. The second-order valence-electron chi connectivity index (χ2n) is 4.42. The number of nitrogens with two attached hydrogens (primary N) is 1. The number of rotatable bonds is 2. The van der Waals surface area contributed by atoms with Gasteiger partial charge in [0.1, 0.15) is 5.75 Å². The van der Waals surface area contributed by atoms with Gasteiger partial charge >= 0.3 is 0 Å². The summed E-state index contributed by atoms with van der Waals surface area (Å²) in [6.07, 6.45) is 3.50. The Morgan fingerprint density at radius 3 is 2.82 bits per heavy atom. The van der Waals surface area contributed by atoms with Crippen molar-refractivity contribution >= 4 is 5.82 Å². The van der Waals surface area contributed by atoms with Crippen LogP contribution in [-0.4, -0.2) is 20.1 Å². The summed E-state index contributed by atoms with van der Waals surface area (Å²) in [6.45, 7) is 0. The molecule has 1 heterocycles. The molecule has 1 aliphatic rings. The summed E-state index contributed by atoms with van der Waals surface area (Å²) < 4.78 is 1.74. The summed E-state index contributed by atoms with van der Waals surface area (Å²) in [5.74, 6) is 1.17. The summed E-state index contributed by atoms with van der Waals surface area (Å²) in [5, 5.41) is 17.5. The molecule has 0 radical (unpaired) electrons. The van der Waals surface area contributed by atoms with Crippen molar-refractivity contribution in [2.75, 3.05) is 5.73 Å². The van der Waals surface area contributed by atoms with Crippen LogP contribution in [0.4, 0.5) is 5.82 Å². The average molecular weight is 230 g/mol. The fourth-order valence-corrected chi connectivity index (χ4v) is 2.18. The first kappa shape index (κ1) is 10.1. The van der Waals surface area contributed by atoms with E-state index >= 15 is 0 Å². The molecule has 0 atom stereocenters. The fourth-order valence-electron chi connectivity index (χ4n) is 2.18. The van der Waals surface area contributed by atoms with Gasteiger partial charge in [0.05, 0.1) is 11.4 Å². The molecule has 88 valence electrons. The molecule has 5 heteroatoms. The molecule has 1 aromatic heterocycles. The van der Waals surface area contributed by atoms with Gasteiger partial charge in [0.15, 0.2) is 5.82 Å². The van der Waals surface area contributed by atoms with Crippen LogP contribution in [0.2, 0.25) is 0 Å². The first-order chi connectivity index (χ1) is 8.25. The summed E-state index contributed by atoms with van der Waals surface area (Å²) in [5.41, 5.74) is 7.65. The zero-order valence-corrected chi connectivity index (χ0v) is 9.37. The molecule has 1 fully saturated rings. The van der Waals surface area contributed by atoms with Crippen molar-refractivity contribution in [1.29, 1.82) is 0 Å². The lowest BCUT2D eigenvalue weighted by Crippen LogP contribution is -2.15. The van der Waals surface area contributed by atoms with E-state index in [1.165, 1.54) is 6.42 Å². The minimum Gasteiger partial charge on any atom is -0.508 e. The molecular formula is C12H14N4O. The SMILES string of the molecule is Nc1nnn(-c2cccc(O)c2)c1C1CCC1. The molecule has 3 N–H and O–H groups in total. The van der Waals surface area contributed by atoms with Crippen LogP contribution < -0.4 is 5.73 Å². The smallest absolute Gasteiger partial charge is 0.169 e. The van der Waals surface area contributed by atoms with E-state index in [4.69, 9.17) is 5.73 Å². The predicted molar refractivity (Wildman–Crippen MR) is 64.0 cm³/mol. The Bertz CT molecular complexity index is 545. The van der Waals surface area contributed by atoms with Crippen LogP contribution in [0, 0.1) is 0 Å². The number of aromatic hydroxyl groups is 1. The van der Waals surface area contributed by atoms with Crippen molar-refractivity contribution in [3.05, 3.63) is 30.0 Å². The van der Waals surface area contributed by atoms with Gasteiger partial charge in [-0.3, -0.25) is 0 Å². The van der Waals surface area contributed by atoms with Crippen molar-refractivity contribution in [1.82, 2.24) is 15.0 Å². The number of nitrogen functional groups attached to an aromatic ring is 1. The number of nitrogens with zero attached hydrogens (tertiary/aromatic N) is 3. The number of phenols is 1. The highest BCUT2D eigenvalue weighted by molar-refractivity contribution is 5.45. The van der Waals surface area contributed by atoms with Gasteiger partial charge in [0, 0.05) is 12.0 Å². The predicted octanol–water partition coefficient (Wildman–Crippen LogP) is 1.82. The van der Waals surface area contributed by atoms with Crippen LogP contribution in [0.3, 0.4) is 0 Å². The van der Waals surface area contributed by atoms with Crippen molar-refractivity contribution in [2.24, 2.45) is 0 Å². The Morgan fingerprint density at radius 2 is 2.18 bits per heavy atom. The van der Waals surface area contributed by atoms with Crippen LogP contribution in [0.15, 0.2) is 24.3 Å². The lowest BCUT2D eigenvalue weighted by Gasteiger charge is -2.25. The fraction of sp³-hybridized carbons (Fsp3) is 0.333. The van der Waals surface area contributed by atoms with Gasteiger partial charge in [-0.2, -0.15) is 0 Å². The topological polar surface area (TPSA) is 77.0 Å². The summed E-state index contributed by atoms with van der Waals surface area (Å²) in [6, 6.07) is 6.96. The minimum absolute atomic E-state index is 0.219. The molecule has 2 aromatic rings. The molecule has 5 nitrogen and oxygen atoms in total. The number of aromatic nitrogens is 3. The molecule has 1 aromatic carbocycles. The Morgan fingerprint density at radius 1 is 1.35 bits per heavy atom. The van der Waals surface area contributed by atoms with Gasteiger partial charge in [-0.1, -0.05) is 17.7 Å². The average Bonchev–Trinajstić information content (AvgIpc) is 2.59. The zero-order valence-electron chi connectivity index (χ0n) is 9.37. The van der Waals surface area contributed by atoms with Crippen molar-refractivity contribution < 1.29 is 5.11 Å². The number of phenolic OH excluding ortho intramolecular Hbond substituents is 1. The van der Waals surface area contributed by atoms with Gasteiger partial charge in [0.2, 0.25) is 0 Å². The molecule has 17 heavy (non-hydrogen) atoms. The summed E-state index contributed by atoms with van der Waals surface area (Å²) in [7, 11) is 0. The third-order valence-corrected chi connectivity index (χ3v) is 3.30. The zero-order chi connectivity index (χ0) is 11.8. The third kappa shape index (κ3) is 1.63. The Balaban J connectivity index is 2.08. The van der Waals surface area contributed by atoms with Crippen LogP contribution in [0.1, 0.15) is 30.9 Å². The molecule has 0 aliphatic heterocycles. The molecule has 1 aliphatic carbocycles. The van der Waals surface area contributed by atoms with E-state index in [0.717, 1.165) is 24.2 Å². The lowest BCUT2D eigenvalue weighted by atomic mass is 9.82. The van der Waals surface area contributed by atoms with Crippen LogP contribution in [0.25, 0.3) is 5.69 Å². The quantitative estimate of drug-likeness (QED) is 0.825. The van der Waals surface area contributed by atoms with E-state index in [9.17, 15) is 5.11 Å². The van der Waals surface area contributed by atoms with Crippen molar-refractivity contribution in [3.8, 4) is 11.4 Å². The van der Waals surface area contributed by atoms with Gasteiger partial charge in [-0.05, 0) is 25.0 Å². The molecule has 3 rings (SSSR count). The Hall–Kier alpha value is -2.04. The highest BCUT2D eigenvalue weighted by Crippen LogP contribution is 2.39. The van der Waals surface area contributed by atoms with E-state index in [-0.39, 0.29) is 5.75 Å². The van der Waals surface area contributed by atoms with E-state index < -0.39 is 0 Å². The largest absolute Gasteiger partial charge is 0.508 e. The van der Waals surface area contributed by atoms with E-state index in [0.29, 0.717) is 11.7 Å². The van der Waals surface area contributed by atoms with Gasteiger partial charge in [-0.15, -0.1) is 5.10 Å². The first-order valence-corrected chi connectivity index (χ1v) is 5.76. The van der Waals surface area contributed by atoms with Gasteiger partial charge < -0.3 is 10.8 Å². The van der Waals surface area contributed by atoms with Crippen LogP contribution in [-0.2, 0) is 0 Å². The number of anilines is 1. The molecule has 0 bridgehead atoms. The number of hydrogen-bond acceptors (Lipinski definition) is 4. The minimum atomic E-state index is 0.219. The molecule has 0 unspecified atom stereocenters. The number of hydrogen-bond donors (Lipinski definition) is 2. The van der Waals surface area contributed by atoms with Crippen molar-refractivity contribution in [3.63, 3.8) is 0 Å². The normalized spacial score (nSPS) is 15.8. The maximum atomic E-state index is 9.49. The maximum absolute atomic E-state index is 9.49. The molecule has 0 amide bonds. The monoisotopic (exact) mass is 230 g/mol. The molecule has 0 spiro atoms. The summed E-state index contributed by atoms with van der Waals surface area (Å²) in [4.78, 5) is 0. The molecule has 0 saturated heterocycles. The Labute approximate surface area is 98.9 Å². The number of benzene rings is 1. The third-order valence-electron chi connectivity index (χ3n) is 3.30. The van der Waals surface area contributed by atoms with Crippen LogP contribution in [0.5, 0.6) is 5.75 Å². The lowest BCUT2D eigenvalue weighted by molar-refractivity contribution is 0.404. The van der Waals surface area contributed by atoms with Gasteiger partial charge in [0.25, 0.3) is 0 Å². The Kier molecular flexibility index (Phi) is 2.24. The first-order valence-electron chi connectivity index (χ1n) is 5.76. The second-order valence-corrected chi connectivity index (χ2v) is 4.42.